The second-order valence-corrected chi connectivity index (χ2v) is 11.2. The summed E-state index contributed by atoms with van der Waals surface area (Å²) in [5.74, 6) is 2.14. The van der Waals surface area contributed by atoms with E-state index in [0.29, 0.717) is 23.1 Å². The zero-order valence-electron chi connectivity index (χ0n) is 24.4. The number of anilines is 2. The lowest BCUT2D eigenvalue weighted by Crippen LogP contribution is -2.32. The fourth-order valence-electron chi connectivity index (χ4n) is 5.53. The van der Waals surface area contributed by atoms with Crippen LogP contribution in [0.15, 0.2) is 84.9 Å². The van der Waals surface area contributed by atoms with Crippen LogP contribution in [-0.4, -0.2) is 24.8 Å². The fraction of sp³-hybridized carbons (Fsp3) is 0.229. The van der Waals surface area contributed by atoms with Crippen LogP contribution >= 0.6 is 12.2 Å². The molecule has 1 aliphatic heterocycles. The minimum Gasteiger partial charge on any atom is -0.496 e. The predicted octanol–water partition coefficient (Wildman–Crippen LogP) is 8.65. The van der Waals surface area contributed by atoms with Crippen molar-refractivity contribution >= 4 is 34.2 Å². The molecule has 0 aliphatic carbocycles. The summed E-state index contributed by atoms with van der Waals surface area (Å²) in [4.78, 5) is 0. The zero-order valence-corrected chi connectivity index (χ0v) is 25.2. The first-order valence-corrected chi connectivity index (χ1v) is 14.1. The monoisotopic (exact) mass is 564 g/mol. The van der Waals surface area contributed by atoms with Gasteiger partial charge < -0.3 is 24.8 Å². The van der Waals surface area contributed by atoms with Gasteiger partial charge in [0.05, 0.1) is 25.4 Å². The number of aryl methyl sites for hydroxylation is 1. The maximum Gasteiger partial charge on any atom is 0.198 e. The number of fused-ring (bicyclic) bond motifs is 1. The number of allylic oxidation sites excluding steroid dienone is 1. The van der Waals surface area contributed by atoms with Crippen molar-refractivity contribution in [1.82, 2.24) is 0 Å². The van der Waals surface area contributed by atoms with E-state index in [0.717, 1.165) is 44.9 Å². The molecular formula is C35H36N2O3S. The molecule has 0 fully saturated rings. The molecule has 0 atom stereocenters. The Morgan fingerprint density at radius 2 is 1.56 bits per heavy atom. The highest BCUT2D eigenvalue weighted by atomic mass is 32.1. The molecule has 0 bridgehead atoms. The zero-order chi connectivity index (χ0) is 29.1. The van der Waals surface area contributed by atoms with Crippen molar-refractivity contribution in [3.05, 3.63) is 107 Å². The molecule has 4 aromatic carbocycles. The Labute approximate surface area is 248 Å². The van der Waals surface area contributed by atoms with Gasteiger partial charge >= 0.3 is 0 Å². The molecule has 0 aromatic heterocycles. The van der Waals surface area contributed by atoms with Crippen LogP contribution in [0, 0.1) is 6.92 Å². The standard InChI is InChI=1S/C35H36N2O3S/c1-22-11-7-8-12-25(22)34(41)40-24-15-16-27(32(19-24)39-6)26-17-18-30-33(23(2)20-35(3,4)37-30)28(26)21-36-29-13-9-10-14-31(29)38-5/h7-20,36-37H,21H2,1-6H3. The topological polar surface area (TPSA) is 51.8 Å². The number of thiocarbonyl (C=S) groups is 1. The average Bonchev–Trinajstić information content (AvgIpc) is 2.95. The molecule has 0 saturated carbocycles. The van der Waals surface area contributed by atoms with Crippen molar-refractivity contribution in [3.63, 3.8) is 0 Å². The van der Waals surface area contributed by atoms with Crippen molar-refractivity contribution < 1.29 is 14.2 Å². The Hall–Kier alpha value is -4.29. The number of methoxy groups -OCH3 is 2. The van der Waals surface area contributed by atoms with Crippen molar-refractivity contribution in [2.75, 3.05) is 24.9 Å². The van der Waals surface area contributed by atoms with Crippen molar-refractivity contribution in [2.45, 2.75) is 39.8 Å². The molecule has 0 amide bonds. The van der Waals surface area contributed by atoms with Gasteiger partial charge in [-0.05, 0) is 92.5 Å². The van der Waals surface area contributed by atoms with Crippen molar-refractivity contribution in [3.8, 4) is 28.4 Å². The van der Waals surface area contributed by atoms with E-state index in [4.69, 9.17) is 26.4 Å². The van der Waals surface area contributed by atoms with Gasteiger partial charge in [-0.15, -0.1) is 0 Å². The molecule has 6 heteroatoms. The minimum absolute atomic E-state index is 0.141. The van der Waals surface area contributed by atoms with Crippen molar-refractivity contribution in [1.29, 1.82) is 0 Å². The number of ether oxygens (including phenoxy) is 3. The quantitative estimate of drug-likeness (QED) is 0.209. The van der Waals surface area contributed by atoms with E-state index < -0.39 is 0 Å². The lowest BCUT2D eigenvalue weighted by molar-refractivity contribution is 0.413. The van der Waals surface area contributed by atoms with Crippen LogP contribution in [0.1, 0.15) is 43.0 Å². The van der Waals surface area contributed by atoms with Crippen LogP contribution in [0.25, 0.3) is 16.7 Å². The second-order valence-electron chi connectivity index (χ2n) is 10.8. The highest BCUT2D eigenvalue weighted by Crippen LogP contribution is 2.43. The van der Waals surface area contributed by atoms with E-state index in [1.54, 1.807) is 14.2 Å². The molecule has 2 N–H and O–H groups in total. The summed E-state index contributed by atoms with van der Waals surface area (Å²) >= 11 is 5.62. The maximum atomic E-state index is 6.11. The molecule has 4 aromatic rings. The molecule has 1 heterocycles. The van der Waals surface area contributed by atoms with Gasteiger partial charge in [0.25, 0.3) is 0 Å². The normalized spacial score (nSPS) is 13.4. The summed E-state index contributed by atoms with van der Waals surface area (Å²) < 4.78 is 17.6. The van der Waals surface area contributed by atoms with Gasteiger partial charge in [-0.2, -0.15) is 0 Å². The minimum atomic E-state index is -0.141. The Bertz CT molecular complexity index is 1640. The van der Waals surface area contributed by atoms with Crippen LogP contribution < -0.4 is 24.8 Å². The van der Waals surface area contributed by atoms with E-state index in [-0.39, 0.29) is 5.54 Å². The lowest BCUT2D eigenvalue weighted by atomic mass is 9.85. The van der Waals surface area contributed by atoms with Gasteiger partial charge in [0, 0.05) is 35.0 Å². The Balaban J connectivity index is 1.56. The Morgan fingerprint density at radius 3 is 2.32 bits per heavy atom. The predicted molar refractivity (Wildman–Crippen MR) is 174 cm³/mol. The summed E-state index contributed by atoms with van der Waals surface area (Å²) in [5, 5.41) is 7.74. The number of hydrogen-bond acceptors (Lipinski definition) is 6. The number of hydrogen-bond donors (Lipinski definition) is 2. The SMILES string of the molecule is COc1ccccc1NCc1c(-c2ccc(OC(=S)c3ccccc3C)cc2OC)ccc2c1C(C)=CC(C)(C)N2. The van der Waals surface area contributed by atoms with Gasteiger partial charge in [0.15, 0.2) is 5.05 Å². The highest BCUT2D eigenvalue weighted by Gasteiger charge is 2.27. The fourth-order valence-corrected chi connectivity index (χ4v) is 5.86. The molecule has 41 heavy (non-hydrogen) atoms. The average molecular weight is 565 g/mol. The Kier molecular flexibility index (Phi) is 8.04. The number of nitrogens with one attached hydrogen (secondary N) is 2. The van der Waals surface area contributed by atoms with Crippen LogP contribution in [0.3, 0.4) is 0 Å². The third kappa shape index (κ3) is 5.93. The summed E-state index contributed by atoms with van der Waals surface area (Å²) in [7, 11) is 3.37. The van der Waals surface area contributed by atoms with Gasteiger partial charge in [-0.3, -0.25) is 0 Å². The molecule has 1 aliphatic rings. The first kappa shape index (κ1) is 28.2. The molecule has 0 spiro atoms. The summed E-state index contributed by atoms with van der Waals surface area (Å²) in [5.41, 5.74) is 9.50. The van der Waals surface area contributed by atoms with E-state index in [9.17, 15) is 0 Å². The third-order valence-electron chi connectivity index (χ3n) is 7.34. The van der Waals surface area contributed by atoms with Crippen LogP contribution in [-0.2, 0) is 6.54 Å². The maximum absolute atomic E-state index is 6.11. The first-order valence-electron chi connectivity index (χ1n) is 13.7. The molecule has 5 rings (SSSR count). The first-order chi connectivity index (χ1) is 19.7. The number of para-hydroxylation sites is 2. The molecule has 0 radical (unpaired) electrons. The summed E-state index contributed by atoms with van der Waals surface area (Å²) in [6.07, 6.45) is 2.28. The second kappa shape index (κ2) is 11.7. The third-order valence-corrected chi connectivity index (χ3v) is 7.65. The molecule has 5 nitrogen and oxygen atoms in total. The van der Waals surface area contributed by atoms with E-state index in [1.807, 2.05) is 73.7 Å². The summed E-state index contributed by atoms with van der Waals surface area (Å²) in [6, 6.07) is 26.1. The van der Waals surface area contributed by atoms with Gasteiger partial charge in [-0.1, -0.05) is 48.5 Å². The number of rotatable bonds is 8. The van der Waals surface area contributed by atoms with Gasteiger partial charge in [-0.25, -0.2) is 0 Å². The Morgan fingerprint density at radius 1 is 0.854 bits per heavy atom. The highest BCUT2D eigenvalue weighted by molar-refractivity contribution is 7.80. The van der Waals surface area contributed by atoms with Crippen LogP contribution in [0.4, 0.5) is 11.4 Å². The van der Waals surface area contributed by atoms with Crippen LogP contribution in [0.2, 0.25) is 0 Å². The largest absolute Gasteiger partial charge is 0.496 e. The smallest absolute Gasteiger partial charge is 0.198 e. The lowest BCUT2D eigenvalue weighted by Gasteiger charge is -2.33. The molecule has 0 saturated heterocycles. The number of benzene rings is 4. The van der Waals surface area contributed by atoms with E-state index >= 15 is 0 Å². The molecular weight excluding hydrogens is 528 g/mol. The van der Waals surface area contributed by atoms with Gasteiger partial charge in [0.1, 0.15) is 17.2 Å². The van der Waals surface area contributed by atoms with Crippen LogP contribution in [0.5, 0.6) is 17.2 Å². The van der Waals surface area contributed by atoms with E-state index in [2.05, 4.69) is 49.6 Å². The molecule has 0 unspecified atom stereocenters. The summed E-state index contributed by atoms with van der Waals surface area (Å²) in [6.45, 7) is 9.16. The van der Waals surface area contributed by atoms with Crippen molar-refractivity contribution in [2.24, 2.45) is 0 Å². The molecule has 210 valence electrons. The van der Waals surface area contributed by atoms with Gasteiger partial charge in [0.2, 0.25) is 0 Å². The van der Waals surface area contributed by atoms with E-state index in [1.165, 1.54) is 11.1 Å².